The molecule has 0 radical (unpaired) electrons. The van der Waals surface area contributed by atoms with E-state index in [1.165, 1.54) is 17.1 Å². The molecule has 1 atom stereocenters. The summed E-state index contributed by atoms with van der Waals surface area (Å²) in [6.45, 7) is 0. The van der Waals surface area contributed by atoms with Gasteiger partial charge < -0.3 is 10.3 Å². The number of rotatable bonds is 3. The van der Waals surface area contributed by atoms with Crippen molar-refractivity contribution in [2.45, 2.75) is 30.6 Å². The molecule has 6 heteroatoms. The Bertz CT molecular complexity index is 600. The predicted octanol–water partition coefficient (Wildman–Crippen LogP) is 2.98. The number of alkyl halides is 3. The third kappa shape index (κ3) is 1.91. The first-order valence-electron chi connectivity index (χ1n) is 6.36. The highest BCUT2D eigenvalue weighted by atomic mass is 19.4. The maximum Gasteiger partial charge on any atom is 0.411 e. The van der Waals surface area contributed by atoms with Crippen LogP contribution in [0.15, 0.2) is 42.9 Å². The summed E-state index contributed by atoms with van der Waals surface area (Å²) in [6.07, 6.45) is -1.45. The fourth-order valence-electron chi connectivity index (χ4n) is 2.50. The van der Waals surface area contributed by atoms with Crippen LogP contribution in [0.5, 0.6) is 0 Å². The van der Waals surface area contributed by atoms with Crippen molar-refractivity contribution in [1.82, 2.24) is 9.55 Å². The van der Waals surface area contributed by atoms with Gasteiger partial charge in [-0.1, -0.05) is 30.3 Å². The summed E-state index contributed by atoms with van der Waals surface area (Å²) in [5, 5.41) is 0. The number of aromatic nitrogens is 2. The van der Waals surface area contributed by atoms with Crippen LogP contribution in [0.4, 0.5) is 13.2 Å². The molecule has 1 aromatic carbocycles. The molecule has 1 heterocycles. The largest absolute Gasteiger partial charge is 0.411 e. The summed E-state index contributed by atoms with van der Waals surface area (Å²) in [4.78, 5) is 3.87. The van der Waals surface area contributed by atoms with E-state index in [1.54, 1.807) is 12.1 Å². The maximum absolute atomic E-state index is 13.2. The monoisotopic (exact) mass is 281 g/mol. The van der Waals surface area contributed by atoms with Crippen LogP contribution >= 0.6 is 0 Å². The maximum atomic E-state index is 13.2. The van der Waals surface area contributed by atoms with E-state index in [2.05, 4.69) is 4.98 Å². The molecule has 0 amide bonds. The van der Waals surface area contributed by atoms with Gasteiger partial charge in [0.25, 0.3) is 0 Å². The molecule has 0 aliphatic heterocycles. The zero-order valence-corrected chi connectivity index (χ0v) is 10.6. The smallest absolute Gasteiger partial charge is 0.319 e. The molecule has 2 aromatic rings. The third-order valence-corrected chi connectivity index (χ3v) is 3.86. The molecule has 3 rings (SSSR count). The number of halogens is 3. The number of imidazole rings is 1. The van der Waals surface area contributed by atoms with Crippen LogP contribution in [0, 0.1) is 0 Å². The highest BCUT2D eigenvalue weighted by Crippen LogP contribution is 2.56. The van der Waals surface area contributed by atoms with Gasteiger partial charge in [-0.25, -0.2) is 4.98 Å². The third-order valence-electron chi connectivity index (χ3n) is 3.86. The minimum absolute atomic E-state index is 0.0847. The molecule has 1 aromatic heterocycles. The van der Waals surface area contributed by atoms with Gasteiger partial charge in [-0.05, 0) is 18.4 Å². The minimum Gasteiger partial charge on any atom is -0.319 e. The Labute approximate surface area is 114 Å². The van der Waals surface area contributed by atoms with Crippen LogP contribution in [0.2, 0.25) is 0 Å². The Hall–Kier alpha value is -1.82. The first-order valence-corrected chi connectivity index (χ1v) is 6.36. The number of nitrogens with two attached hydrogens (primary N) is 1. The van der Waals surface area contributed by atoms with Crippen molar-refractivity contribution in [3.8, 4) is 0 Å². The Morgan fingerprint density at radius 3 is 2.40 bits per heavy atom. The molecule has 106 valence electrons. The average Bonchev–Trinajstić information content (AvgIpc) is 3.11. The van der Waals surface area contributed by atoms with E-state index < -0.39 is 17.8 Å². The summed E-state index contributed by atoms with van der Waals surface area (Å²) in [5.74, 6) is 0. The Morgan fingerprint density at radius 2 is 1.85 bits per heavy atom. The second-order valence-corrected chi connectivity index (χ2v) is 5.11. The van der Waals surface area contributed by atoms with Crippen molar-refractivity contribution < 1.29 is 13.2 Å². The second kappa shape index (κ2) is 4.34. The quantitative estimate of drug-likeness (QED) is 0.940. The lowest BCUT2D eigenvalue weighted by atomic mass is 10.0. The Morgan fingerprint density at radius 1 is 1.20 bits per heavy atom. The van der Waals surface area contributed by atoms with E-state index in [0.29, 0.717) is 5.69 Å². The van der Waals surface area contributed by atoms with Gasteiger partial charge in [0, 0.05) is 0 Å². The molecule has 3 nitrogen and oxygen atoms in total. The number of hydrogen-bond donors (Lipinski definition) is 1. The fourth-order valence-corrected chi connectivity index (χ4v) is 2.50. The van der Waals surface area contributed by atoms with Crippen molar-refractivity contribution in [2.75, 3.05) is 0 Å². The van der Waals surface area contributed by atoms with Gasteiger partial charge in [-0.3, -0.25) is 0 Å². The zero-order chi connectivity index (χ0) is 14.4. The highest BCUT2D eigenvalue weighted by Gasteiger charge is 2.65. The van der Waals surface area contributed by atoms with E-state index in [-0.39, 0.29) is 12.8 Å². The SMILES string of the molecule is NC(c1ccccc1)c1cncn1C1(C(F)(F)F)CC1. The van der Waals surface area contributed by atoms with Gasteiger partial charge >= 0.3 is 6.18 Å². The molecule has 0 spiro atoms. The van der Waals surface area contributed by atoms with Gasteiger partial charge in [0.1, 0.15) is 5.54 Å². The standard InChI is InChI=1S/C14H14F3N3/c15-14(16,17)13(6-7-13)20-9-19-8-11(20)12(18)10-4-2-1-3-5-10/h1-5,8-9,12H,6-7,18H2. The van der Waals surface area contributed by atoms with E-state index in [1.807, 2.05) is 18.2 Å². The lowest BCUT2D eigenvalue weighted by Crippen LogP contribution is -2.36. The molecule has 2 N–H and O–H groups in total. The second-order valence-electron chi connectivity index (χ2n) is 5.11. The van der Waals surface area contributed by atoms with Crippen LogP contribution < -0.4 is 5.73 Å². The molecular formula is C14H14F3N3. The normalized spacial score (nSPS) is 18.8. The van der Waals surface area contributed by atoms with Gasteiger partial charge in [0.05, 0.1) is 24.3 Å². The van der Waals surface area contributed by atoms with Gasteiger partial charge in [0.15, 0.2) is 0 Å². The van der Waals surface area contributed by atoms with Crippen molar-refractivity contribution >= 4 is 0 Å². The van der Waals surface area contributed by atoms with Crippen LogP contribution in [0.1, 0.15) is 30.1 Å². The predicted molar refractivity (Wildman–Crippen MR) is 68.0 cm³/mol. The van der Waals surface area contributed by atoms with E-state index in [4.69, 9.17) is 5.73 Å². The van der Waals surface area contributed by atoms with E-state index in [9.17, 15) is 13.2 Å². The number of nitrogens with zero attached hydrogens (tertiary/aromatic N) is 2. The van der Waals surface area contributed by atoms with E-state index >= 15 is 0 Å². The highest BCUT2D eigenvalue weighted by molar-refractivity contribution is 5.28. The summed E-state index contributed by atoms with van der Waals surface area (Å²) >= 11 is 0. The first-order chi connectivity index (χ1) is 9.46. The lowest BCUT2D eigenvalue weighted by Gasteiger charge is -2.25. The van der Waals surface area contributed by atoms with Crippen LogP contribution in [-0.2, 0) is 5.54 Å². The minimum atomic E-state index is -4.28. The summed E-state index contributed by atoms with van der Waals surface area (Å²) < 4.78 is 40.8. The molecular weight excluding hydrogens is 267 g/mol. The van der Waals surface area contributed by atoms with Crippen LogP contribution in [0.3, 0.4) is 0 Å². The van der Waals surface area contributed by atoms with Crippen LogP contribution in [-0.4, -0.2) is 15.7 Å². The molecule has 1 unspecified atom stereocenters. The summed E-state index contributed by atoms with van der Waals surface area (Å²) in [7, 11) is 0. The average molecular weight is 281 g/mol. The van der Waals surface area contributed by atoms with Crippen molar-refractivity contribution in [3.05, 3.63) is 54.1 Å². The topological polar surface area (TPSA) is 43.8 Å². The van der Waals surface area contributed by atoms with E-state index in [0.717, 1.165) is 5.56 Å². The van der Waals surface area contributed by atoms with Gasteiger partial charge in [-0.15, -0.1) is 0 Å². The Kier molecular flexibility index (Phi) is 2.86. The molecule has 1 aliphatic rings. The van der Waals surface area contributed by atoms with Crippen LogP contribution in [0.25, 0.3) is 0 Å². The number of benzene rings is 1. The molecule has 0 saturated heterocycles. The fraction of sp³-hybridized carbons (Fsp3) is 0.357. The molecule has 1 fully saturated rings. The van der Waals surface area contributed by atoms with Gasteiger partial charge in [-0.2, -0.15) is 13.2 Å². The lowest BCUT2D eigenvalue weighted by molar-refractivity contribution is -0.180. The zero-order valence-electron chi connectivity index (χ0n) is 10.6. The summed E-state index contributed by atoms with van der Waals surface area (Å²) in [6, 6.07) is 8.45. The molecule has 1 aliphatic carbocycles. The summed E-state index contributed by atoms with van der Waals surface area (Å²) in [5.41, 5.74) is 5.45. The van der Waals surface area contributed by atoms with Crippen molar-refractivity contribution in [3.63, 3.8) is 0 Å². The number of hydrogen-bond acceptors (Lipinski definition) is 2. The van der Waals surface area contributed by atoms with Crippen molar-refractivity contribution in [2.24, 2.45) is 5.73 Å². The molecule has 0 bridgehead atoms. The van der Waals surface area contributed by atoms with Crippen molar-refractivity contribution in [1.29, 1.82) is 0 Å². The Balaban J connectivity index is 2.00. The molecule has 1 saturated carbocycles. The molecule has 20 heavy (non-hydrogen) atoms. The first kappa shape index (κ1) is 13.2. The van der Waals surface area contributed by atoms with Gasteiger partial charge in [0.2, 0.25) is 0 Å².